The molecule has 0 spiro atoms. The van der Waals surface area contributed by atoms with Crippen LogP contribution in [0.5, 0.6) is 0 Å². The molecule has 0 radical (unpaired) electrons. The second-order valence-corrected chi connectivity index (χ2v) is 5.28. The van der Waals surface area contributed by atoms with Gasteiger partial charge in [0.15, 0.2) is 0 Å². The van der Waals surface area contributed by atoms with Crippen molar-refractivity contribution >= 4 is 17.1 Å². The van der Waals surface area contributed by atoms with Crippen molar-refractivity contribution in [3.05, 3.63) is 103 Å². The van der Waals surface area contributed by atoms with Crippen molar-refractivity contribution in [1.82, 2.24) is 0 Å². The topological polar surface area (TPSA) is 9.72 Å². The maximum Gasteiger partial charge on any atom is 0.0824 e. The SMILES string of the molecule is C1=CN(c2ccccc2)N(c2ccccc2)N1c1ccccc1. The molecule has 4 rings (SSSR count). The molecular weight excluding hydrogens is 282 g/mol. The third-order valence-electron chi connectivity index (χ3n) is 3.79. The summed E-state index contributed by atoms with van der Waals surface area (Å²) in [4.78, 5) is 0. The van der Waals surface area contributed by atoms with Crippen LogP contribution >= 0.6 is 0 Å². The van der Waals surface area contributed by atoms with Gasteiger partial charge in [-0.15, -0.1) is 0 Å². The Labute approximate surface area is 136 Å². The molecule has 1 aliphatic rings. The predicted molar refractivity (Wildman–Crippen MR) is 95.9 cm³/mol. The van der Waals surface area contributed by atoms with Gasteiger partial charge < -0.3 is 0 Å². The van der Waals surface area contributed by atoms with E-state index in [0.29, 0.717) is 0 Å². The quantitative estimate of drug-likeness (QED) is 0.686. The van der Waals surface area contributed by atoms with Gasteiger partial charge in [-0.1, -0.05) is 54.6 Å². The number of nitrogens with zero attached hydrogens (tertiary/aromatic N) is 3. The molecular formula is C20H17N3. The number of rotatable bonds is 3. The summed E-state index contributed by atoms with van der Waals surface area (Å²) in [6, 6.07) is 31.1. The summed E-state index contributed by atoms with van der Waals surface area (Å²) in [5, 5.41) is 6.44. The fourth-order valence-corrected chi connectivity index (χ4v) is 2.72. The molecule has 0 fully saturated rings. The molecule has 0 N–H and O–H groups in total. The first kappa shape index (κ1) is 13.5. The molecule has 0 aromatic heterocycles. The molecule has 0 atom stereocenters. The standard InChI is InChI=1S/C20H17N3/c1-4-10-18(11-5-1)21-16-17-22(19-12-6-2-7-13-19)23(21)20-14-8-3-9-15-20/h1-17H. The van der Waals surface area contributed by atoms with Crippen LogP contribution in [-0.2, 0) is 0 Å². The van der Waals surface area contributed by atoms with E-state index in [1.165, 1.54) is 0 Å². The van der Waals surface area contributed by atoms with Crippen molar-refractivity contribution in [1.29, 1.82) is 0 Å². The number of hydrazine groups is 2. The number of hydrogen-bond donors (Lipinski definition) is 0. The van der Waals surface area contributed by atoms with Crippen molar-refractivity contribution in [3.8, 4) is 0 Å². The molecule has 0 aliphatic carbocycles. The minimum Gasteiger partial charge on any atom is -0.240 e. The zero-order chi connectivity index (χ0) is 15.5. The zero-order valence-corrected chi connectivity index (χ0v) is 12.7. The number of anilines is 3. The average Bonchev–Trinajstić information content (AvgIpc) is 3.09. The molecule has 3 aromatic carbocycles. The van der Waals surface area contributed by atoms with Crippen LogP contribution in [0.25, 0.3) is 0 Å². The van der Waals surface area contributed by atoms with Crippen molar-refractivity contribution < 1.29 is 0 Å². The van der Waals surface area contributed by atoms with E-state index in [1.807, 2.05) is 18.2 Å². The minimum absolute atomic E-state index is 1.10. The molecule has 3 aromatic rings. The van der Waals surface area contributed by atoms with Crippen LogP contribution in [-0.4, -0.2) is 0 Å². The van der Waals surface area contributed by atoms with Crippen molar-refractivity contribution in [2.75, 3.05) is 15.1 Å². The normalized spacial score (nSPS) is 13.7. The molecule has 0 saturated heterocycles. The van der Waals surface area contributed by atoms with E-state index in [4.69, 9.17) is 0 Å². The Hall–Kier alpha value is -3.20. The third-order valence-corrected chi connectivity index (χ3v) is 3.79. The van der Waals surface area contributed by atoms with Crippen LogP contribution in [0, 0.1) is 0 Å². The van der Waals surface area contributed by atoms with Gasteiger partial charge in [0.2, 0.25) is 0 Å². The first-order chi connectivity index (χ1) is 11.4. The van der Waals surface area contributed by atoms with Crippen LogP contribution in [0.2, 0.25) is 0 Å². The van der Waals surface area contributed by atoms with Gasteiger partial charge in [0.1, 0.15) is 0 Å². The summed E-state index contributed by atoms with van der Waals surface area (Å²) < 4.78 is 0. The second kappa shape index (κ2) is 5.89. The number of hydrogen-bond acceptors (Lipinski definition) is 3. The Balaban J connectivity index is 1.78. The van der Waals surface area contributed by atoms with E-state index < -0.39 is 0 Å². The lowest BCUT2D eigenvalue weighted by atomic mass is 10.3. The molecule has 3 nitrogen and oxygen atoms in total. The van der Waals surface area contributed by atoms with Crippen LogP contribution in [0.4, 0.5) is 17.1 Å². The summed E-state index contributed by atoms with van der Waals surface area (Å²) in [7, 11) is 0. The van der Waals surface area contributed by atoms with Crippen LogP contribution in [0.3, 0.4) is 0 Å². The van der Waals surface area contributed by atoms with Crippen molar-refractivity contribution in [2.24, 2.45) is 0 Å². The zero-order valence-electron chi connectivity index (χ0n) is 12.7. The van der Waals surface area contributed by atoms with E-state index >= 15 is 0 Å². The molecule has 0 bridgehead atoms. The molecule has 0 unspecified atom stereocenters. The summed E-state index contributed by atoms with van der Waals surface area (Å²) in [6.07, 6.45) is 4.16. The van der Waals surface area contributed by atoms with E-state index in [9.17, 15) is 0 Å². The molecule has 1 heterocycles. The molecule has 0 saturated carbocycles. The van der Waals surface area contributed by atoms with E-state index in [2.05, 4.69) is 100 Å². The predicted octanol–water partition coefficient (Wildman–Crippen LogP) is 4.82. The maximum absolute atomic E-state index is 2.16. The lowest BCUT2D eigenvalue weighted by Crippen LogP contribution is -2.45. The summed E-state index contributed by atoms with van der Waals surface area (Å²) in [5.41, 5.74) is 3.34. The summed E-state index contributed by atoms with van der Waals surface area (Å²) in [5.74, 6) is 0. The summed E-state index contributed by atoms with van der Waals surface area (Å²) in [6.45, 7) is 0. The largest absolute Gasteiger partial charge is 0.240 e. The Morgan fingerprint density at radius 2 is 0.739 bits per heavy atom. The van der Waals surface area contributed by atoms with Gasteiger partial charge in [0.25, 0.3) is 0 Å². The highest BCUT2D eigenvalue weighted by atomic mass is 15.9. The monoisotopic (exact) mass is 299 g/mol. The molecule has 112 valence electrons. The second-order valence-electron chi connectivity index (χ2n) is 5.28. The molecule has 1 aliphatic heterocycles. The number of para-hydroxylation sites is 3. The van der Waals surface area contributed by atoms with Gasteiger partial charge >= 0.3 is 0 Å². The van der Waals surface area contributed by atoms with E-state index in [0.717, 1.165) is 17.1 Å². The highest BCUT2D eigenvalue weighted by molar-refractivity contribution is 5.70. The smallest absolute Gasteiger partial charge is 0.0824 e. The first-order valence-electron chi connectivity index (χ1n) is 7.65. The fourth-order valence-electron chi connectivity index (χ4n) is 2.72. The Morgan fingerprint density at radius 3 is 1.13 bits per heavy atom. The first-order valence-corrected chi connectivity index (χ1v) is 7.65. The minimum atomic E-state index is 1.10. The van der Waals surface area contributed by atoms with Crippen LogP contribution in [0.1, 0.15) is 0 Å². The molecule has 3 heteroatoms. The van der Waals surface area contributed by atoms with Gasteiger partial charge in [-0.25, -0.2) is 10.0 Å². The Kier molecular flexibility index (Phi) is 3.45. The van der Waals surface area contributed by atoms with Crippen LogP contribution in [0.15, 0.2) is 103 Å². The highest BCUT2D eigenvalue weighted by Crippen LogP contribution is 2.32. The van der Waals surface area contributed by atoms with E-state index in [1.54, 1.807) is 0 Å². The van der Waals surface area contributed by atoms with Gasteiger partial charge in [0.05, 0.1) is 17.1 Å². The van der Waals surface area contributed by atoms with Gasteiger partial charge in [-0.2, -0.15) is 5.12 Å². The maximum atomic E-state index is 2.16. The average molecular weight is 299 g/mol. The molecule has 23 heavy (non-hydrogen) atoms. The van der Waals surface area contributed by atoms with Gasteiger partial charge in [0, 0.05) is 12.4 Å². The van der Waals surface area contributed by atoms with Gasteiger partial charge in [-0.05, 0) is 36.4 Å². The third kappa shape index (κ3) is 2.53. The lowest BCUT2D eigenvalue weighted by Gasteiger charge is -2.37. The Bertz CT molecular complexity index is 735. The lowest BCUT2D eigenvalue weighted by molar-refractivity contribution is 0.862. The van der Waals surface area contributed by atoms with Crippen molar-refractivity contribution in [3.63, 3.8) is 0 Å². The summed E-state index contributed by atoms with van der Waals surface area (Å²) >= 11 is 0. The van der Waals surface area contributed by atoms with Crippen molar-refractivity contribution in [2.45, 2.75) is 0 Å². The Morgan fingerprint density at radius 1 is 0.391 bits per heavy atom. The fraction of sp³-hybridized carbons (Fsp3) is 0. The van der Waals surface area contributed by atoms with Crippen LogP contribution < -0.4 is 15.1 Å². The number of benzene rings is 3. The molecule has 0 amide bonds. The van der Waals surface area contributed by atoms with Gasteiger partial charge in [-0.3, -0.25) is 0 Å². The van der Waals surface area contributed by atoms with E-state index in [-0.39, 0.29) is 0 Å². The highest BCUT2D eigenvalue weighted by Gasteiger charge is 2.26.